The summed E-state index contributed by atoms with van der Waals surface area (Å²) >= 11 is 0. The quantitative estimate of drug-likeness (QED) is 0.189. The van der Waals surface area contributed by atoms with E-state index in [0.29, 0.717) is 40.5 Å². The lowest BCUT2D eigenvalue weighted by molar-refractivity contribution is 0.395. The molecular weight excluding hydrogens is 526 g/mol. The van der Waals surface area contributed by atoms with Crippen LogP contribution in [0.15, 0.2) is 95.9 Å². The van der Waals surface area contributed by atoms with Gasteiger partial charge < -0.3 is 20.1 Å². The molecule has 0 saturated carbocycles. The highest BCUT2D eigenvalue weighted by Crippen LogP contribution is 2.32. The average molecular weight is 556 g/mol. The second-order valence-electron chi connectivity index (χ2n) is 9.02. The molecule has 5 aromatic rings. The molecule has 0 aliphatic heterocycles. The summed E-state index contributed by atoms with van der Waals surface area (Å²) in [4.78, 5) is 9.36. The van der Waals surface area contributed by atoms with Crippen molar-refractivity contribution in [1.82, 2.24) is 9.97 Å². The number of nitrogens with zero attached hydrogens (tertiary/aromatic N) is 2. The SMILES string of the molecule is COc1cc(Nc2nc3ccccc3nc2NS(=O)(=O)c2ccccc2NCc2ccccc2C)cc(OC)c1. The van der Waals surface area contributed by atoms with Crippen LogP contribution in [0.4, 0.5) is 23.0 Å². The van der Waals surface area contributed by atoms with Gasteiger partial charge in [-0.05, 0) is 42.3 Å². The number of aryl methyl sites for hydroxylation is 1. The number of ether oxygens (including phenoxy) is 2. The summed E-state index contributed by atoms with van der Waals surface area (Å²) in [6.45, 7) is 2.49. The molecule has 0 radical (unpaired) electrons. The Bertz CT molecular complexity index is 1750. The molecule has 10 heteroatoms. The number of methoxy groups -OCH3 is 2. The molecule has 1 heterocycles. The normalized spacial score (nSPS) is 11.2. The van der Waals surface area contributed by atoms with Crippen LogP contribution in [0.3, 0.4) is 0 Å². The summed E-state index contributed by atoms with van der Waals surface area (Å²) in [6.07, 6.45) is 0. The number of hydrogen-bond donors (Lipinski definition) is 3. The van der Waals surface area contributed by atoms with Crippen molar-refractivity contribution in [1.29, 1.82) is 0 Å². The Hall–Kier alpha value is -4.83. The predicted molar refractivity (Wildman–Crippen MR) is 158 cm³/mol. The number of nitrogens with one attached hydrogen (secondary N) is 3. The van der Waals surface area contributed by atoms with Gasteiger partial charge in [0.1, 0.15) is 16.4 Å². The standard InChI is InChI=1S/C30H29N5O4S/c1-20-10-4-5-11-21(20)19-31-27-14-8-9-15-28(27)40(36,37)35-30-29(33-25-12-6-7-13-26(25)34-30)32-22-16-23(38-2)18-24(17-22)39-3/h4-18,31H,19H2,1-3H3,(H,32,33)(H,34,35). The van der Waals surface area contributed by atoms with E-state index in [1.54, 1.807) is 62.8 Å². The van der Waals surface area contributed by atoms with Gasteiger partial charge in [0.25, 0.3) is 10.0 Å². The zero-order chi connectivity index (χ0) is 28.1. The first-order valence-electron chi connectivity index (χ1n) is 12.5. The van der Waals surface area contributed by atoms with Crippen molar-refractivity contribution in [3.05, 3.63) is 102 Å². The minimum Gasteiger partial charge on any atom is -0.497 e. The lowest BCUT2D eigenvalue weighted by atomic mass is 10.1. The molecule has 1 aromatic heterocycles. The van der Waals surface area contributed by atoms with Gasteiger partial charge in [0.2, 0.25) is 0 Å². The van der Waals surface area contributed by atoms with Crippen LogP contribution in [0, 0.1) is 6.92 Å². The molecule has 3 N–H and O–H groups in total. The van der Waals surface area contributed by atoms with Gasteiger partial charge in [-0.15, -0.1) is 0 Å². The first-order valence-corrected chi connectivity index (χ1v) is 14.0. The maximum Gasteiger partial charge on any atom is 0.265 e. The van der Waals surface area contributed by atoms with E-state index in [1.165, 1.54) is 0 Å². The molecule has 0 amide bonds. The first-order chi connectivity index (χ1) is 19.4. The highest BCUT2D eigenvalue weighted by molar-refractivity contribution is 7.92. The van der Waals surface area contributed by atoms with Crippen LogP contribution in [-0.2, 0) is 16.6 Å². The van der Waals surface area contributed by atoms with E-state index in [4.69, 9.17) is 9.47 Å². The topological polar surface area (TPSA) is 114 Å². The van der Waals surface area contributed by atoms with Gasteiger partial charge in [0.15, 0.2) is 11.6 Å². The van der Waals surface area contributed by atoms with E-state index < -0.39 is 10.0 Å². The molecule has 0 unspecified atom stereocenters. The minimum absolute atomic E-state index is 0.0502. The Kier molecular flexibility index (Phi) is 7.70. The van der Waals surface area contributed by atoms with Gasteiger partial charge in [-0.1, -0.05) is 48.5 Å². The molecule has 5 rings (SSSR count). The molecule has 0 spiro atoms. The van der Waals surface area contributed by atoms with E-state index >= 15 is 0 Å². The number of benzene rings is 4. The van der Waals surface area contributed by atoms with Crippen molar-refractivity contribution >= 4 is 44.1 Å². The van der Waals surface area contributed by atoms with Crippen molar-refractivity contribution < 1.29 is 17.9 Å². The summed E-state index contributed by atoms with van der Waals surface area (Å²) in [5.74, 6) is 1.40. The fourth-order valence-corrected chi connectivity index (χ4v) is 5.40. The molecule has 40 heavy (non-hydrogen) atoms. The molecule has 9 nitrogen and oxygen atoms in total. The summed E-state index contributed by atoms with van der Waals surface area (Å²) in [5.41, 5.74) is 4.39. The van der Waals surface area contributed by atoms with Crippen LogP contribution >= 0.6 is 0 Å². The molecule has 0 atom stereocenters. The second kappa shape index (κ2) is 11.5. The van der Waals surface area contributed by atoms with E-state index in [0.717, 1.165) is 11.1 Å². The molecule has 0 saturated heterocycles. The van der Waals surface area contributed by atoms with E-state index in [1.807, 2.05) is 49.4 Å². The molecule has 204 valence electrons. The molecule has 0 bridgehead atoms. The third kappa shape index (κ3) is 5.92. The number of anilines is 4. The van der Waals surface area contributed by atoms with Crippen LogP contribution in [0.25, 0.3) is 11.0 Å². The summed E-state index contributed by atoms with van der Waals surface area (Å²) < 4.78 is 40.9. The van der Waals surface area contributed by atoms with Crippen LogP contribution in [0.2, 0.25) is 0 Å². The highest BCUT2D eigenvalue weighted by atomic mass is 32.2. The van der Waals surface area contributed by atoms with Gasteiger partial charge in [0.05, 0.1) is 30.9 Å². The third-order valence-corrected chi connectivity index (χ3v) is 7.72. The van der Waals surface area contributed by atoms with Crippen molar-refractivity contribution in [2.75, 3.05) is 29.6 Å². The van der Waals surface area contributed by atoms with Crippen LogP contribution < -0.4 is 24.8 Å². The van der Waals surface area contributed by atoms with Crippen LogP contribution in [0.5, 0.6) is 11.5 Å². The number of sulfonamides is 1. The fraction of sp³-hybridized carbons (Fsp3) is 0.133. The molecule has 0 fully saturated rings. The third-order valence-electron chi connectivity index (χ3n) is 6.32. The minimum atomic E-state index is -4.07. The van der Waals surface area contributed by atoms with E-state index in [2.05, 4.69) is 25.3 Å². The molecule has 4 aromatic carbocycles. The molecule has 0 aliphatic carbocycles. The predicted octanol–water partition coefficient (Wildman–Crippen LogP) is 6.11. The molecule has 0 aliphatic rings. The second-order valence-corrected chi connectivity index (χ2v) is 10.7. The van der Waals surface area contributed by atoms with Crippen molar-refractivity contribution in [2.45, 2.75) is 18.4 Å². The number of rotatable bonds is 10. The first kappa shape index (κ1) is 26.8. The Morgan fingerprint density at radius 3 is 2.02 bits per heavy atom. The summed E-state index contributed by atoms with van der Waals surface area (Å²) in [5, 5.41) is 6.45. The maximum atomic E-state index is 13.8. The van der Waals surface area contributed by atoms with E-state index in [-0.39, 0.29) is 16.5 Å². The molecular formula is C30H29N5O4S. The van der Waals surface area contributed by atoms with E-state index in [9.17, 15) is 8.42 Å². The number of hydrogen-bond acceptors (Lipinski definition) is 8. The number of fused-ring (bicyclic) bond motifs is 1. The Labute approximate surface area is 233 Å². The van der Waals surface area contributed by atoms with Gasteiger partial charge >= 0.3 is 0 Å². The average Bonchev–Trinajstić information content (AvgIpc) is 2.96. The lowest BCUT2D eigenvalue weighted by Crippen LogP contribution is -2.18. The van der Waals surface area contributed by atoms with Gasteiger partial charge in [-0.2, -0.15) is 0 Å². The Balaban J connectivity index is 1.51. The van der Waals surface area contributed by atoms with Crippen LogP contribution in [-0.4, -0.2) is 32.6 Å². The Morgan fingerprint density at radius 2 is 1.35 bits per heavy atom. The van der Waals surface area contributed by atoms with Crippen molar-refractivity contribution in [3.8, 4) is 11.5 Å². The van der Waals surface area contributed by atoms with Gasteiger partial charge in [-0.3, -0.25) is 4.72 Å². The van der Waals surface area contributed by atoms with Crippen LogP contribution in [0.1, 0.15) is 11.1 Å². The Morgan fingerprint density at radius 1 is 0.750 bits per heavy atom. The zero-order valence-electron chi connectivity index (χ0n) is 22.3. The smallest absolute Gasteiger partial charge is 0.265 e. The van der Waals surface area contributed by atoms with Crippen molar-refractivity contribution in [2.24, 2.45) is 0 Å². The maximum absolute atomic E-state index is 13.8. The zero-order valence-corrected chi connectivity index (χ0v) is 23.1. The van der Waals surface area contributed by atoms with Gasteiger partial charge in [0, 0.05) is 30.4 Å². The monoisotopic (exact) mass is 555 g/mol. The fourth-order valence-electron chi connectivity index (χ4n) is 4.20. The summed E-state index contributed by atoms with van der Waals surface area (Å²) in [7, 11) is -0.964. The lowest BCUT2D eigenvalue weighted by Gasteiger charge is -2.17. The van der Waals surface area contributed by atoms with Gasteiger partial charge in [-0.25, -0.2) is 18.4 Å². The number of aromatic nitrogens is 2. The largest absolute Gasteiger partial charge is 0.497 e. The van der Waals surface area contributed by atoms with Crippen molar-refractivity contribution in [3.63, 3.8) is 0 Å². The summed E-state index contributed by atoms with van der Waals surface area (Å²) in [6, 6.07) is 27.2. The number of para-hydroxylation sites is 3. The highest BCUT2D eigenvalue weighted by Gasteiger charge is 2.22.